The van der Waals surface area contributed by atoms with Gasteiger partial charge in [0.1, 0.15) is 12.6 Å². The van der Waals surface area contributed by atoms with Gasteiger partial charge in [0, 0.05) is 6.92 Å². The van der Waals surface area contributed by atoms with E-state index in [1.54, 1.807) is 24.3 Å². The average molecular weight is 231 g/mol. The first-order valence-electron chi connectivity index (χ1n) is 5.12. The second-order valence-electron chi connectivity index (χ2n) is 3.42. The topological polar surface area (TPSA) is 82.0 Å². The molecule has 0 fully saturated rings. The molecule has 2 amide bonds. The molecule has 0 spiro atoms. The largest absolute Gasteiger partial charge is 0.341 e. The lowest BCUT2D eigenvalue weighted by Gasteiger charge is -2.16. The third kappa shape index (κ3) is 3.95. The van der Waals surface area contributed by atoms with Crippen LogP contribution in [0.4, 0.5) is 0 Å². The van der Waals surface area contributed by atoms with Crippen LogP contribution in [0.3, 0.4) is 0 Å². The molecule has 2 N–H and O–H groups in total. The second-order valence-corrected chi connectivity index (χ2v) is 3.42. The van der Waals surface area contributed by atoms with E-state index in [-0.39, 0.29) is 12.5 Å². The Labute approximate surface area is 99.4 Å². The van der Waals surface area contributed by atoms with Gasteiger partial charge in [0.25, 0.3) is 0 Å². The summed E-state index contributed by atoms with van der Waals surface area (Å²) in [5.41, 5.74) is 0.679. The number of nitrogens with one attached hydrogen (secondary N) is 2. The molecule has 0 aromatic heterocycles. The van der Waals surface area contributed by atoms with Gasteiger partial charge < -0.3 is 10.6 Å². The molecule has 0 aliphatic heterocycles. The van der Waals surface area contributed by atoms with Crippen molar-refractivity contribution in [2.24, 2.45) is 0 Å². The van der Waals surface area contributed by atoms with Crippen molar-refractivity contribution < 1.29 is 9.59 Å². The molecule has 0 aliphatic rings. The summed E-state index contributed by atoms with van der Waals surface area (Å²) < 4.78 is 0. The van der Waals surface area contributed by atoms with Crippen molar-refractivity contribution in [1.29, 1.82) is 5.26 Å². The molecule has 0 aliphatic carbocycles. The number of nitrogens with zero attached hydrogens (tertiary/aromatic N) is 1. The zero-order chi connectivity index (χ0) is 12.7. The minimum absolute atomic E-state index is 0.0816. The number of carbonyl (C=O) groups excluding carboxylic acids is 2. The first-order valence-corrected chi connectivity index (χ1v) is 5.12. The van der Waals surface area contributed by atoms with E-state index in [0.717, 1.165) is 0 Å². The van der Waals surface area contributed by atoms with Gasteiger partial charge in [-0.2, -0.15) is 5.26 Å². The minimum atomic E-state index is -0.762. The van der Waals surface area contributed by atoms with Gasteiger partial charge in [-0.05, 0) is 5.56 Å². The lowest BCUT2D eigenvalue weighted by atomic mass is 10.1. The number of nitriles is 1. The number of amides is 2. The van der Waals surface area contributed by atoms with E-state index >= 15 is 0 Å². The Balaban J connectivity index is 2.85. The normalized spacial score (nSPS) is 11.1. The Morgan fingerprint density at radius 2 is 2.00 bits per heavy atom. The molecule has 0 radical (unpaired) electrons. The Morgan fingerprint density at radius 1 is 1.35 bits per heavy atom. The van der Waals surface area contributed by atoms with Crippen molar-refractivity contribution in [3.63, 3.8) is 0 Å². The second kappa shape index (κ2) is 6.28. The summed E-state index contributed by atoms with van der Waals surface area (Å²) >= 11 is 0. The molecule has 1 rings (SSSR count). The van der Waals surface area contributed by atoms with Crippen LogP contribution in [-0.2, 0) is 9.59 Å². The first-order chi connectivity index (χ1) is 8.15. The van der Waals surface area contributed by atoms with Crippen molar-refractivity contribution in [3.8, 4) is 6.07 Å². The van der Waals surface area contributed by atoms with E-state index in [2.05, 4.69) is 10.6 Å². The van der Waals surface area contributed by atoms with Crippen molar-refractivity contribution >= 4 is 11.8 Å². The molecule has 5 heteroatoms. The summed E-state index contributed by atoms with van der Waals surface area (Å²) in [5, 5.41) is 13.4. The first kappa shape index (κ1) is 12.7. The van der Waals surface area contributed by atoms with Crippen molar-refractivity contribution in [2.45, 2.75) is 13.0 Å². The zero-order valence-corrected chi connectivity index (χ0v) is 9.43. The smallest absolute Gasteiger partial charge is 0.248 e. The summed E-state index contributed by atoms with van der Waals surface area (Å²) in [5.74, 6) is -0.695. The molecular formula is C12H13N3O2. The van der Waals surface area contributed by atoms with E-state index in [1.807, 2.05) is 12.1 Å². The number of benzene rings is 1. The fourth-order valence-corrected chi connectivity index (χ4v) is 1.38. The molecule has 17 heavy (non-hydrogen) atoms. The van der Waals surface area contributed by atoms with Crippen LogP contribution in [0.1, 0.15) is 18.5 Å². The van der Waals surface area contributed by atoms with E-state index in [9.17, 15) is 9.59 Å². The van der Waals surface area contributed by atoms with Gasteiger partial charge in [0.2, 0.25) is 11.8 Å². The molecule has 0 saturated heterocycles. The molecule has 1 aromatic rings. The average Bonchev–Trinajstić information content (AvgIpc) is 2.34. The number of rotatable bonds is 4. The van der Waals surface area contributed by atoms with Gasteiger partial charge in [0.15, 0.2) is 0 Å². The Hall–Kier alpha value is -2.35. The van der Waals surface area contributed by atoms with Gasteiger partial charge in [-0.15, -0.1) is 0 Å². The van der Waals surface area contributed by atoms with E-state index in [0.29, 0.717) is 5.56 Å². The minimum Gasteiger partial charge on any atom is -0.341 e. The molecule has 0 bridgehead atoms. The summed E-state index contributed by atoms with van der Waals surface area (Å²) in [4.78, 5) is 22.8. The molecule has 88 valence electrons. The maximum atomic E-state index is 11.8. The molecule has 1 unspecified atom stereocenters. The van der Waals surface area contributed by atoms with Crippen LogP contribution >= 0.6 is 0 Å². The van der Waals surface area contributed by atoms with Crippen LogP contribution < -0.4 is 10.6 Å². The highest BCUT2D eigenvalue weighted by molar-refractivity contribution is 5.88. The third-order valence-electron chi connectivity index (χ3n) is 2.08. The lowest BCUT2D eigenvalue weighted by molar-refractivity contribution is -0.128. The summed E-state index contributed by atoms with van der Waals surface area (Å²) in [6, 6.07) is 9.92. The molecule has 1 aromatic carbocycles. The molecule has 1 atom stereocenters. The lowest BCUT2D eigenvalue weighted by Crippen LogP contribution is -2.39. The van der Waals surface area contributed by atoms with Gasteiger partial charge in [-0.1, -0.05) is 30.3 Å². The van der Waals surface area contributed by atoms with E-state index in [4.69, 9.17) is 5.26 Å². The highest BCUT2D eigenvalue weighted by Crippen LogP contribution is 2.12. The Morgan fingerprint density at radius 3 is 2.53 bits per heavy atom. The van der Waals surface area contributed by atoms with E-state index in [1.165, 1.54) is 6.92 Å². The highest BCUT2D eigenvalue weighted by Gasteiger charge is 2.20. The van der Waals surface area contributed by atoms with E-state index < -0.39 is 11.9 Å². The fraction of sp³-hybridized carbons (Fsp3) is 0.250. The maximum Gasteiger partial charge on any atom is 0.248 e. The van der Waals surface area contributed by atoms with Gasteiger partial charge in [-0.3, -0.25) is 9.59 Å². The third-order valence-corrected chi connectivity index (χ3v) is 2.08. The maximum absolute atomic E-state index is 11.8. The quantitative estimate of drug-likeness (QED) is 0.740. The van der Waals surface area contributed by atoms with Crippen LogP contribution in [0.15, 0.2) is 30.3 Å². The van der Waals surface area contributed by atoms with Gasteiger partial charge >= 0.3 is 0 Å². The van der Waals surface area contributed by atoms with Crippen LogP contribution in [0.2, 0.25) is 0 Å². The van der Waals surface area contributed by atoms with Crippen LogP contribution in [0, 0.1) is 11.3 Å². The predicted molar refractivity (Wildman–Crippen MR) is 61.6 cm³/mol. The fourth-order valence-electron chi connectivity index (χ4n) is 1.38. The number of hydrogen-bond acceptors (Lipinski definition) is 3. The predicted octanol–water partition coefficient (Wildman–Crippen LogP) is 0.504. The van der Waals surface area contributed by atoms with Crippen molar-refractivity contribution in [1.82, 2.24) is 10.6 Å². The summed E-state index contributed by atoms with van der Waals surface area (Å²) in [6.45, 7) is 1.26. The summed E-state index contributed by atoms with van der Waals surface area (Å²) in [6.07, 6.45) is 0. The Kier molecular flexibility index (Phi) is 4.70. The number of carbonyl (C=O) groups is 2. The Bertz CT molecular complexity index is 437. The molecule has 5 nitrogen and oxygen atoms in total. The highest BCUT2D eigenvalue weighted by atomic mass is 16.2. The molecular weight excluding hydrogens is 218 g/mol. The molecule has 0 heterocycles. The zero-order valence-electron chi connectivity index (χ0n) is 9.43. The monoisotopic (exact) mass is 231 g/mol. The van der Waals surface area contributed by atoms with Crippen LogP contribution in [0.5, 0.6) is 0 Å². The van der Waals surface area contributed by atoms with Crippen LogP contribution in [0.25, 0.3) is 0 Å². The summed E-state index contributed by atoms with van der Waals surface area (Å²) in [7, 11) is 0. The van der Waals surface area contributed by atoms with Gasteiger partial charge in [0.05, 0.1) is 6.07 Å². The van der Waals surface area contributed by atoms with Crippen molar-refractivity contribution in [3.05, 3.63) is 35.9 Å². The standard InChI is InChI=1S/C12H13N3O2/c1-9(16)15-11(12(17)14-8-7-13)10-5-3-2-4-6-10/h2-6,11H,8H2,1H3,(H,14,17)(H,15,16). The van der Waals surface area contributed by atoms with Crippen molar-refractivity contribution in [2.75, 3.05) is 6.54 Å². The SMILES string of the molecule is CC(=O)NC(C(=O)NCC#N)c1ccccc1. The number of hydrogen-bond donors (Lipinski definition) is 2. The van der Waals surface area contributed by atoms with Gasteiger partial charge in [-0.25, -0.2) is 0 Å². The van der Waals surface area contributed by atoms with Crippen LogP contribution in [-0.4, -0.2) is 18.4 Å². The molecule has 0 saturated carbocycles.